The molecule has 2 unspecified atom stereocenters. The average Bonchev–Trinajstić information content (AvgIpc) is 2.79. The molecule has 80 valence electrons. The highest BCUT2D eigenvalue weighted by molar-refractivity contribution is 5.89. The number of nitrogens with two attached hydrogens (primary N) is 2. The van der Waals surface area contributed by atoms with E-state index in [4.69, 9.17) is 11.5 Å². The Kier molecular flexibility index (Phi) is 3.10. The quantitative estimate of drug-likeness (QED) is 0.399. The Labute approximate surface area is 83.9 Å². The maximum atomic E-state index is 11.3. The van der Waals surface area contributed by atoms with Crippen molar-refractivity contribution in [1.82, 2.24) is 5.32 Å². The molecule has 5 heteroatoms. The minimum atomic E-state index is -0.293. The molecule has 5 nitrogen and oxygen atoms in total. The van der Waals surface area contributed by atoms with E-state index in [-0.39, 0.29) is 17.3 Å². The van der Waals surface area contributed by atoms with Gasteiger partial charge in [-0.3, -0.25) is 9.79 Å². The van der Waals surface area contributed by atoms with Gasteiger partial charge in [0.25, 0.3) is 0 Å². The van der Waals surface area contributed by atoms with Gasteiger partial charge in [-0.15, -0.1) is 0 Å². The number of hydrogen-bond acceptors (Lipinski definition) is 3. The number of likely N-dealkylation sites (N-methyl/N-ethyl adjacent to an activating group) is 1. The van der Waals surface area contributed by atoms with Crippen LogP contribution < -0.4 is 16.8 Å². The number of nitrogens with one attached hydrogen (secondary N) is 1. The Hall–Kier alpha value is -1.10. The van der Waals surface area contributed by atoms with Crippen LogP contribution in [-0.4, -0.2) is 30.9 Å². The number of guanidine groups is 1. The van der Waals surface area contributed by atoms with Gasteiger partial charge in [0, 0.05) is 6.54 Å². The monoisotopic (exact) mass is 198 g/mol. The lowest BCUT2D eigenvalue weighted by atomic mass is 10.1. The number of aliphatic imine (C=N–C) groups is 1. The smallest absolute Gasteiger partial charge is 0.185 e. The second kappa shape index (κ2) is 3.96. The first kappa shape index (κ1) is 11.0. The molecule has 1 rings (SSSR count). The first-order valence-electron chi connectivity index (χ1n) is 4.78. The molecule has 0 heterocycles. The van der Waals surface area contributed by atoms with E-state index in [0.29, 0.717) is 12.5 Å². The molecule has 2 atom stereocenters. The third kappa shape index (κ3) is 2.04. The van der Waals surface area contributed by atoms with Crippen LogP contribution in [-0.2, 0) is 4.79 Å². The molecular weight excluding hydrogens is 180 g/mol. The average molecular weight is 198 g/mol. The fourth-order valence-electron chi connectivity index (χ4n) is 1.94. The van der Waals surface area contributed by atoms with Crippen molar-refractivity contribution in [3.8, 4) is 0 Å². The normalized spacial score (nSPS) is 29.7. The van der Waals surface area contributed by atoms with Gasteiger partial charge in [0.2, 0.25) is 0 Å². The molecule has 0 aromatic rings. The lowest BCUT2D eigenvalue weighted by Gasteiger charge is -2.11. The van der Waals surface area contributed by atoms with Crippen LogP contribution in [0.4, 0.5) is 0 Å². The predicted octanol–water partition coefficient (Wildman–Crippen LogP) is -0.783. The van der Waals surface area contributed by atoms with Crippen molar-refractivity contribution in [3.63, 3.8) is 0 Å². The summed E-state index contributed by atoms with van der Waals surface area (Å²) in [6, 6.07) is 0. The van der Waals surface area contributed by atoms with Crippen LogP contribution in [0.5, 0.6) is 0 Å². The molecule has 0 aromatic carbocycles. The molecule has 1 aliphatic carbocycles. The van der Waals surface area contributed by atoms with Gasteiger partial charge in [0.1, 0.15) is 5.78 Å². The Balaban J connectivity index is 2.37. The second-order valence-corrected chi connectivity index (χ2v) is 3.77. The summed E-state index contributed by atoms with van der Waals surface area (Å²) in [5.41, 5.74) is 10.1. The number of Topliss-reactive ketones (excluding diaryl/α,β-unsaturated/α-hetero) is 1. The number of carbonyl (C=O) groups excluding carboxylic acids is 1. The molecule has 0 bridgehead atoms. The molecule has 1 saturated carbocycles. The Morgan fingerprint density at radius 1 is 1.64 bits per heavy atom. The fraction of sp³-hybridized carbons (Fsp3) is 0.778. The van der Waals surface area contributed by atoms with E-state index in [0.717, 1.165) is 12.8 Å². The van der Waals surface area contributed by atoms with Crippen LogP contribution in [0.25, 0.3) is 0 Å². The van der Waals surface area contributed by atoms with E-state index in [9.17, 15) is 4.79 Å². The van der Waals surface area contributed by atoms with Crippen molar-refractivity contribution in [2.45, 2.75) is 25.3 Å². The van der Waals surface area contributed by atoms with Gasteiger partial charge in [0.15, 0.2) is 5.96 Å². The maximum Gasteiger partial charge on any atom is 0.185 e. The molecule has 0 saturated heterocycles. The minimum absolute atomic E-state index is 0.114. The van der Waals surface area contributed by atoms with Gasteiger partial charge < -0.3 is 16.8 Å². The van der Waals surface area contributed by atoms with E-state index in [1.165, 1.54) is 0 Å². The second-order valence-electron chi connectivity index (χ2n) is 3.77. The predicted molar refractivity (Wildman–Crippen MR) is 55.9 cm³/mol. The van der Waals surface area contributed by atoms with Crippen molar-refractivity contribution in [2.24, 2.45) is 22.4 Å². The Bertz CT molecular complexity index is 260. The van der Waals surface area contributed by atoms with Crippen molar-refractivity contribution >= 4 is 11.7 Å². The van der Waals surface area contributed by atoms with Crippen molar-refractivity contribution in [2.75, 3.05) is 13.6 Å². The molecule has 0 aliphatic heterocycles. The molecule has 0 radical (unpaired) electrons. The topological polar surface area (TPSA) is 93.5 Å². The zero-order valence-electron chi connectivity index (χ0n) is 8.71. The van der Waals surface area contributed by atoms with Crippen molar-refractivity contribution in [3.05, 3.63) is 0 Å². The van der Waals surface area contributed by atoms with Gasteiger partial charge in [-0.1, -0.05) is 0 Å². The zero-order chi connectivity index (χ0) is 10.8. The summed E-state index contributed by atoms with van der Waals surface area (Å²) in [4.78, 5) is 15.2. The van der Waals surface area contributed by atoms with Crippen LogP contribution in [0.15, 0.2) is 4.99 Å². The lowest BCUT2D eigenvalue weighted by Crippen LogP contribution is -2.37. The maximum absolute atomic E-state index is 11.3. The van der Waals surface area contributed by atoms with Crippen LogP contribution in [0.2, 0.25) is 0 Å². The third-order valence-corrected chi connectivity index (χ3v) is 2.95. The Morgan fingerprint density at radius 3 is 2.64 bits per heavy atom. The molecule has 0 spiro atoms. The molecule has 0 aromatic heterocycles. The largest absolute Gasteiger partial charge is 0.370 e. The van der Waals surface area contributed by atoms with Crippen LogP contribution in [0, 0.1) is 5.92 Å². The molecular formula is C9H18N4O. The van der Waals surface area contributed by atoms with Gasteiger partial charge >= 0.3 is 0 Å². The van der Waals surface area contributed by atoms with Crippen molar-refractivity contribution in [1.29, 1.82) is 0 Å². The summed E-state index contributed by atoms with van der Waals surface area (Å²) in [5, 5.41) is 3.08. The number of nitrogens with zero attached hydrogens (tertiary/aromatic N) is 1. The summed E-state index contributed by atoms with van der Waals surface area (Å²) >= 11 is 0. The first-order chi connectivity index (χ1) is 6.53. The minimum Gasteiger partial charge on any atom is -0.370 e. The molecule has 1 fully saturated rings. The summed E-state index contributed by atoms with van der Waals surface area (Å²) in [5.74, 6) is 0.700. The van der Waals surface area contributed by atoms with Crippen molar-refractivity contribution < 1.29 is 4.79 Å². The van der Waals surface area contributed by atoms with E-state index >= 15 is 0 Å². The lowest BCUT2D eigenvalue weighted by molar-refractivity contribution is -0.120. The molecule has 0 amide bonds. The Morgan fingerprint density at radius 2 is 2.29 bits per heavy atom. The van der Waals surface area contributed by atoms with Gasteiger partial charge in [0.05, 0.1) is 5.54 Å². The van der Waals surface area contributed by atoms with E-state index in [1.54, 1.807) is 6.92 Å². The molecule has 14 heavy (non-hydrogen) atoms. The number of hydrogen-bond donors (Lipinski definition) is 3. The van der Waals surface area contributed by atoms with Gasteiger partial charge in [-0.05, 0) is 32.7 Å². The summed E-state index contributed by atoms with van der Waals surface area (Å²) in [6.45, 7) is 2.22. The highest BCUT2D eigenvalue weighted by atomic mass is 16.1. The van der Waals surface area contributed by atoms with Crippen LogP contribution in [0.1, 0.15) is 19.8 Å². The highest BCUT2D eigenvalue weighted by Crippen LogP contribution is 2.46. The molecule has 5 N–H and O–H groups in total. The van der Waals surface area contributed by atoms with Gasteiger partial charge in [-0.25, -0.2) is 0 Å². The highest BCUT2D eigenvalue weighted by Gasteiger charge is 2.56. The number of carbonyl (C=O) groups is 1. The van der Waals surface area contributed by atoms with E-state index < -0.39 is 0 Å². The zero-order valence-corrected chi connectivity index (χ0v) is 8.71. The third-order valence-electron chi connectivity index (χ3n) is 2.95. The van der Waals surface area contributed by atoms with Crippen LogP contribution >= 0.6 is 0 Å². The summed E-state index contributed by atoms with van der Waals surface area (Å²) in [6.07, 6.45) is 1.76. The standard InChI is InChI=1S/C9H18N4O/c1-6(14)9(12-2)5-7(9)3-4-13-8(10)11/h7,12H,3-5H2,1-2H3,(H4,10,11,13). The summed E-state index contributed by atoms with van der Waals surface area (Å²) in [7, 11) is 1.82. The number of ketones is 1. The first-order valence-corrected chi connectivity index (χ1v) is 4.78. The SMILES string of the molecule is CNC1(C(C)=O)CC1CCN=C(N)N. The fourth-order valence-corrected chi connectivity index (χ4v) is 1.94. The van der Waals surface area contributed by atoms with Gasteiger partial charge in [-0.2, -0.15) is 0 Å². The van der Waals surface area contributed by atoms with E-state index in [2.05, 4.69) is 10.3 Å². The van der Waals surface area contributed by atoms with Crippen LogP contribution in [0.3, 0.4) is 0 Å². The molecule has 1 aliphatic rings. The number of rotatable bonds is 5. The summed E-state index contributed by atoms with van der Waals surface area (Å²) < 4.78 is 0. The van der Waals surface area contributed by atoms with E-state index in [1.807, 2.05) is 7.05 Å².